The molecule has 1 aromatic carbocycles. The maximum absolute atomic E-state index is 13.6. The number of carbonyl (C=O) groups excluding carboxylic acids is 2. The molecule has 0 radical (unpaired) electrons. The van der Waals surface area contributed by atoms with Crippen LogP contribution in [0.1, 0.15) is 53.4 Å². The van der Waals surface area contributed by atoms with Gasteiger partial charge in [0.25, 0.3) is 5.91 Å². The Morgan fingerprint density at radius 3 is 2.47 bits per heavy atom. The van der Waals surface area contributed by atoms with E-state index in [0.29, 0.717) is 28.5 Å². The summed E-state index contributed by atoms with van der Waals surface area (Å²) in [4.78, 5) is 29.2. The van der Waals surface area contributed by atoms with Gasteiger partial charge in [0.15, 0.2) is 11.5 Å². The molecule has 0 spiro atoms. The van der Waals surface area contributed by atoms with Gasteiger partial charge in [-0.2, -0.15) is 0 Å². The molecule has 2 aromatic rings. The van der Waals surface area contributed by atoms with Gasteiger partial charge in [-0.3, -0.25) is 9.59 Å². The van der Waals surface area contributed by atoms with E-state index in [2.05, 4.69) is 5.32 Å². The quantitative estimate of drug-likeness (QED) is 0.579. The van der Waals surface area contributed by atoms with E-state index in [-0.39, 0.29) is 24.4 Å². The van der Waals surface area contributed by atoms with Gasteiger partial charge in [0.2, 0.25) is 5.91 Å². The molecular weight excluding hydrogens is 428 g/mol. The van der Waals surface area contributed by atoms with Crippen LogP contribution in [0.3, 0.4) is 0 Å². The zero-order valence-corrected chi connectivity index (χ0v) is 19.8. The molecule has 2 amide bonds. The van der Waals surface area contributed by atoms with Crippen LogP contribution in [0, 0.1) is 0 Å². The first-order valence-corrected chi connectivity index (χ1v) is 11.8. The summed E-state index contributed by atoms with van der Waals surface area (Å²) in [6, 6.07) is 8.26. The van der Waals surface area contributed by atoms with Crippen LogP contribution >= 0.6 is 11.3 Å². The molecule has 174 valence electrons. The van der Waals surface area contributed by atoms with Gasteiger partial charge in [-0.05, 0) is 42.0 Å². The van der Waals surface area contributed by atoms with E-state index in [1.54, 1.807) is 44.4 Å². The molecule has 7 nitrogen and oxygen atoms in total. The number of hydrogen-bond donors (Lipinski definition) is 1. The Hall–Kier alpha value is -2.58. The Morgan fingerprint density at radius 1 is 1.09 bits per heavy atom. The molecule has 1 aliphatic carbocycles. The summed E-state index contributed by atoms with van der Waals surface area (Å²) in [5.41, 5.74) is 0.664. The smallest absolute Gasteiger partial charge is 0.264 e. The molecule has 1 atom stereocenters. The third-order valence-corrected chi connectivity index (χ3v) is 6.62. The molecule has 0 saturated heterocycles. The fourth-order valence-corrected chi connectivity index (χ4v) is 4.78. The Labute approximate surface area is 193 Å². The van der Waals surface area contributed by atoms with Crippen molar-refractivity contribution in [3.8, 4) is 11.5 Å². The fraction of sp³-hybridized carbons (Fsp3) is 0.500. The van der Waals surface area contributed by atoms with Gasteiger partial charge in [0.05, 0.1) is 25.7 Å². The molecule has 1 fully saturated rings. The van der Waals surface area contributed by atoms with E-state index in [0.717, 1.165) is 25.7 Å². The van der Waals surface area contributed by atoms with Crippen molar-refractivity contribution in [3.63, 3.8) is 0 Å². The lowest BCUT2D eigenvalue weighted by atomic mass is 9.94. The van der Waals surface area contributed by atoms with E-state index in [4.69, 9.17) is 14.2 Å². The largest absolute Gasteiger partial charge is 0.493 e. The molecular formula is C24H32N2O5S. The van der Waals surface area contributed by atoms with Crippen molar-refractivity contribution < 1.29 is 23.8 Å². The Kier molecular flexibility index (Phi) is 8.93. The number of thiophene rings is 1. The zero-order valence-electron chi connectivity index (χ0n) is 19.0. The van der Waals surface area contributed by atoms with Crippen LogP contribution in [0.25, 0.3) is 0 Å². The maximum Gasteiger partial charge on any atom is 0.264 e. The molecule has 0 unspecified atom stereocenters. The summed E-state index contributed by atoms with van der Waals surface area (Å²) in [5, 5.41) is 5.05. The number of carbonyl (C=O) groups is 2. The maximum atomic E-state index is 13.6. The number of amides is 2. The van der Waals surface area contributed by atoms with Gasteiger partial charge in [-0.15, -0.1) is 11.3 Å². The van der Waals surface area contributed by atoms with Crippen molar-refractivity contribution in [1.82, 2.24) is 10.2 Å². The van der Waals surface area contributed by atoms with Crippen molar-refractivity contribution in [2.75, 3.05) is 34.5 Å². The van der Waals surface area contributed by atoms with Crippen LogP contribution in [0.4, 0.5) is 0 Å². The summed E-state index contributed by atoms with van der Waals surface area (Å²) in [5.74, 6) is 0.687. The topological polar surface area (TPSA) is 77.1 Å². The number of nitrogens with one attached hydrogen (secondary N) is 1. The highest BCUT2D eigenvalue weighted by molar-refractivity contribution is 7.12. The molecule has 1 aliphatic rings. The fourth-order valence-electron chi connectivity index (χ4n) is 4.10. The van der Waals surface area contributed by atoms with E-state index < -0.39 is 6.04 Å². The van der Waals surface area contributed by atoms with E-state index in [9.17, 15) is 9.59 Å². The molecule has 1 saturated carbocycles. The first-order valence-electron chi connectivity index (χ1n) is 10.9. The van der Waals surface area contributed by atoms with Crippen molar-refractivity contribution in [1.29, 1.82) is 0 Å². The first-order chi connectivity index (χ1) is 15.6. The average Bonchev–Trinajstić information content (AvgIpc) is 3.36. The molecule has 1 N–H and O–H groups in total. The second-order valence-corrected chi connectivity index (χ2v) is 8.78. The van der Waals surface area contributed by atoms with E-state index in [1.807, 2.05) is 17.5 Å². The second kappa shape index (κ2) is 11.9. The number of hydrogen-bond acceptors (Lipinski definition) is 6. The number of rotatable bonds is 10. The summed E-state index contributed by atoms with van der Waals surface area (Å²) in [6.07, 6.45) is 5.33. The SMILES string of the molecule is COCCN(C(=O)c1cccs1)[C@H](C(=O)NC1CCCCC1)c1ccc(OC)c(OC)c1. The summed E-state index contributed by atoms with van der Waals surface area (Å²) < 4.78 is 16.1. The monoisotopic (exact) mass is 460 g/mol. The lowest BCUT2D eigenvalue weighted by molar-refractivity contribution is -0.127. The molecule has 0 bridgehead atoms. The van der Waals surface area contributed by atoms with Gasteiger partial charge in [-0.1, -0.05) is 31.4 Å². The van der Waals surface area contributed by atoms with Crippen LogP contribution < -0.4 is 14.8 Å². The second-order valence-electron chi connectivity index (χ2n) is 7.83. The van der Waals surface area contributed by atoms with Crippen molar-refractivity contribution in [2.45, 2.75) is 44.2 Å². The molecule has 1 heterocycles. The standard InChI is InChI=1S/C24H32N2O5S/c1-29-14-13-26(24(28)21-10-7-15-32-21)22(23(27)25-18-8-5-4-6-9-18)17-11-12-19(30-2)20(16-17)31-3/h7,10-12,15-16,18,22H,4-6,8-9,13-14H2,1-3H3,(H,25,27)/t22-/m0/s1. The van der Waals surface area contributed by atoms with Crippen molar-refractivity contribution >= 4 is 23.2 Å². The van der Waals surface area contributed by atoms with Gasteiger partial charge in [0.1, 0.15) is 6.04 Å². The molecule has 8 heteroatoms. The van der Waals surface area contributed by atoms with Gasteiger partial charge in [-0.25, -0.2) is 0 Å². The Balaban J connectivity index is 2.00. The molecule has 0 aliphatic heterocycles. The number of benzene rings is 1. The zero-order chi connectivity index (χ0) is 22.9. The normalized spacial score (nSPS) is 15.1. The van der Waals surface area contributed by atoms with E-state index >= 15 is 0 Å². The Bertz CT molecular complexity index is 881. The predicted molar refractivity (Wildman–Crippen MR) is 125 cm³/mol. The number of nitrogens with zero attached hydrogens (tertiary/aromatic N) is 1. The van der Waals surface area contributed by atoms with Crippen LogP contribution in [-0.2, 0) is 9.53 Å². The van der Waals surface area contributed by atoms with E-state index in [1.165, 1.54) is 17.8 Å². The predicted octanol–water partition coefficient (Wildman–Crippen LogP) is 4.04. The van der Waals surface area contributed by atoms with Crippen molar-refractivity contribution in [2.24, 2.45) is 0 Å². The number of ether oxygens (including phenoxy) is 3. The highest BCUT2D eigenvalue weighted by Gasteiger charge is 2.34. The van der Waals surface area contributed by atoms with Crippen LogP contribution in [0.5, 0.6) is 11.5 Å². The average molecular weight is 461 g/mol. The minimum atomic E-state index is -0.818. The lowest BCUT2D eigenvalue weighted by Crippen LogP contribution is -2.47. The van der Waals surface area contributed by atoms with Crippen LogP contribution in [-0.4, -0.2) is 57.2 Å². The van der Waals surface area contributed by atoms with Gasteiger partial charge >= 0.3 is 0 Å². The lowest BCUT2D eigenvalue weighted by Gasteiger charge is -2.33. The van der Waals surface area contributed by atoms with Crippen LogP contribution in [0.15, 0.2) is 35.7 Å². The molecule has 32 heavy (non-hydrogen) atoms. The minimum absolute atomic E-state index is 0.125. The highest BCUT2D eigenvalue weighted by atomic mass is 32.1. The van der Waals surface area contributed by atoms with Gasteiger partial charge < -0.3 is 24.4 Å². The molecule has 1 aromatic heterocycles. The van der Waals surface area contributed by atoms with Crippen molar-refractivity contribution in [3.05, 3.63) is 46.2 Å². The molecule has 3 rings (SSSR count). The first kappa shape index (κ1) is 24.1. The van der Waals surface area contributed by atoms with Crippen LogP contribution in [0.2, 0.25) is 0 Å². The summed E-state index contributed by atoms with van der Waals surface area (Å²) in [7, 11) is 4.70. The number of methoxy groups -OCH3 is 3. The third-order valence-electron chi connectivity index (χ3n) is 5.76. The summed E-state index contributed by atoms with van der Waals surface area (Å²) >= 11 is 1.36. The van der Waals surface area contributed by atoms with Gasteiger partial charge in [0, 0.05) is 19.7 Å². The Morgan fingerprint density at radius 2 is 1.84 bits per heavy atom. The summed E-state index contributed by atoms with van der Waals surface area (Å²) in [6.45, 7) is 0.599. The minimum Gasteiger partial charge on any atom is -0.493 e. The highest BCUT2D eigenvalue weighted by Crippen LogP contribution is 2.33. The third kappa shape index (κ3) is 5.81.